The van der Waals surface area contributed by atoms with Gasteiger partial charge in [0.1, 0.15) is 5.82 Å². The molecule has 1 heterocycles. The highest BCUT2D eigenvalue weighted by molar-refractivity contribution is 8.00. The average molecular weight is 323 g/mol. The number of nitrogens with zero attached hydrogens (tertiary/aromatic N) is 4. The smallest absolute Gasteiger partial charge is 0.237 e. The molecular formula is C14H18FN5OS. The number of rotatable bonds is 4. The number of hydrogen-bond acceptors (Lipinski definition) is 5. The minimum absolute atomic E-state index is 0.162. The lowest BCUT2D eigenvalue weighted by Gasteiger charge is -2.20. The minimum Gasteiger partial charge on any atom is -0.323 e. The highest BCUT2D eigenvalue weighted by Gasteiger charge is 2.24. The van der Waals surface area contributed by atoms with Crippen LogP contribution in [0, 0.1) is 5.82 Å². The van der Waals surface area contributed by atoms with Crippen molar-refractivity contribution >= 4 is 23.4 Å². The number of halogens is 1. The molecule has 0 fully saturated rings. The molecule has 6 nitrogen and oxygen atoms in total. The fourth-order valence-electron chi connectivity index (χ4n) is 1.68. The highest BCUT2D eigenvalue weighted by atomic mass is 32.2. The summed E-state index contributed by atoms with van der Waals surface area (Å²) in [5.41, 5.74) is -0.122. The van der Waals surface area contributed by atoms with Gasteiger partial charge in [0.25, 0.3) is 0 Å². The van der Waals surface area contributed by atoms with E-state index in [-0.39, 0.29) is 17.1 Å². The molecular weight excluding hydrogens is 305 g/mol. The van der Waals surface area contributed by atoms with E-state index in [9.17, 15) is 9.18 Å². The quantitative estimate of drug-likeness (QED) is 0.876. The Hall–Kier alpha value is -1.96. The summed E-state index contributed by atoms with van der Waals surface area (Å²) < 4.78 is 15.2. The highest BCUT2D eigenvalue weighted by Crippen LogP contribution is 2.26. The molecule has 1 amide bonds. The van der Waals surface area contributed by atoms with Gasteiger partial charge < -0.3 is 5.32 Å². The summed E-state index contributed by atoms with van der Waals surface area (Å²) in [5.74, 6) is -0.772. The van der Waals surface area contributed by atoms with Gasteiger partial charge in [0.2, 0.25) is 11.1 Å². The molecule has 0 saturated heterocycles. The number of thioether (sulfide) groups is 1. The van der Waals surface area contributed by atoms with Gasteiger partial charge in [0, 0.05) is 0 Å². The summed E-state index contributed by atoms with van der Waals surface area (Å²) in [5, 5.41) is 14.2. The number of para-hydroxylation sites is 1. The van der Waals surface area contributed by atoms with Crippen LogP contribution in [-0.2, 0) is 10.3 Å². The van der Waals surface area contributed by atoms with Crippen molar-refractivity contribution in [3.05, 3.63) is 30.1 Å². The van der Waals surface area contributed by atoms with Gasteiger partial charge in [0.05, 0.1) is 16.5 Å². The second-order valence-electron chi connectivity index (χ2n) is 5.77. The van der Waals surface area contributed by atoms with E-state index in [1.54, 1.807) is 23.7 Å². The lowest BCUT2D eigenvalue weighted by Crippen LogP contribution is -2.27. The fraction of sp³-hybridized carbons (Fsp3) is 0.429. The molecule has 118 valence electrons. The number of nitrogens with one attached hydrogen (secondary N) is 1. The van der Waals surface area contributed by atoms with Crippen LogP contribution in [0.3, 0.4) is 0 Å². The second-order valence-corrected chi connectivity index (χ2v) is 7.08. The second kappa shape index (κ2) is 6.43. The lowest BCUT2D eigenvalue weighted by molar-refractivity contribution is -0.115. The van der Waals surface area contributed by atoms with Crippen LogP contribution < -0.4 is 5.32 Å². The normalized spacial score (nSPS) is 13.0. The molecule has 1 N–H and O–H groups in total. The van der Waals surface area contributed by atoms with E-state index in [0.29, 0.717) is 5.16 Å². The average Bonchev–Trinajstić information content (AvgIpc) is 2.89. The van der Waals surface area contributed by atoms with E-state index >= 15 is 0 Å². The first-order valence-corrected chi connectivity index (χ1v) is 7.68. The first-order valence-electron chi connectivity index (χ1n) is 6.80. The van der Waals surface area contributed by atoms with Crippen molar-refractivity contribution in [1.29, 1.82) is 0 Å². The first-order chi connectivity index (χ1) is 10.3. The van der Waals surface area contributed by atoms with Gasteiger partial charge in [-0.15, -0.1) is 5.10 Å². The molecule has 2 rings (SSSR count). The standard InChI is InChI=1S/C14H18FN5OS/c1-9(12(21)16-11-8-6-5-7-10(11)15)22-13-17-18-19-20(13)14(2,3)4/h5-9H,1-4H3,(H,16,21). The predicted octanol–water partition coefficient (Wildman–Crippen LogP) is 2.69. The van der Waals surface area contributed by atoms with E-state index < -0.39 is 11.1 Å². The molecule has 1 aromatic heterocycles. The molecule has 0 bridgehead atoms. The van der Waals surface area contributed by atoms with Gasteiger partial charge in [-0.05, 0) is 50.3 Å². The summed E-state index contributed by atoms with van der Waals surface area (Å²) in [6.07, 6.45) is 0. The number of carbonyl (C=O) groups excluding carboxylic acids is 1. The van der Waals surface area contributed by atoms with Crippen molar-refractivity contribution in [2.75, 3.05) is 5.32 Å². The maximum absolute atomic E-state index is 13.6. The third kappa shape index (κ3) is 3.82. The van der Waals surface area contributed by atoms with Crippen molar-refractivity contribution < 1.29 is 9.18 Å². The molecule has 0 aliphatic heterocycles. The number of aromatic nitrogens is 4. The molecule has 8 heteroatoms. The van der Waals surface area contributed by atoms with Crippen molar-refractivity contribution in [2.24, 2.45) is 0 Å². The number of anilines is 1. The summed E-state index contributed by atoms with van der Waals surface area (Å²) in [4.78, 5) is 12.2. The predicted molar refractivity (Wildman–Crippen MR) is 83.2 cm³/mol. The summed E-state index contributed by atoms with van der Waals surface area (Å²) >= 11 is 1.23. The number of benzene rings is 1. The Morgan fingerprint density at radius 3 is 2.68 bits per heavy atom. The molecule has 2 aromatic rings. The molecule has 0 saturated carbocycles. The van der Waals surface area contributed by atoms with E-state index in [0.717, 1.165) is 0 Å². The topological polar surface area (TPSA) is 72.7 Å². The number of carbonyl (C=O) groups is 1. The Bertz CT molecular complexity index is 667. The van der Waals surface area contributed by atoms with Crippen LogP contribution in [0.2, 0.25) is 0 Å². The van der Waals surface area contributed by atoms with Crippen molar-refractivity contribution in [1.82, 2.24) is 20.2 Å². The van der Waals surface area contributed by atoms with Crippen LogP contribution in [0.15, 0.2) is 29.4 Å². The van der Waals surface area contributed by atoms with Gasteiger partial charge in [-0.1, -0.05) is 23.9 Å². The van der Waals surface area contributed by atoms with Crippen LogP contribution in [0.25, 0.3) is 0 Å². The summed E-state index contributed by atoms with van der Waals surface area (Å²) in [6, 6.07) is 6.05. The van der Waals surface area contributed by atoms with E-state index in [1.165, 1.54) is 23.9 Å². The maximum atomic E-state index is 13.6. The zero-order valence-corrected chi connectivity index (χ0v) is 13.7. The Morgan fingerprint density at radius 1 is 1.36 bits per heavy atom. The van der Waals surface area contributed by atoms with Gasteiger partial charge in [-0.2, -0.15) is 0 Å². The molecule has 1 atom stereocenters. The lowest BCUT2D eigenvalue weighted by atomic mass is 10.1. The van der Waals surface area contributed by atoms with Crippen LogP contribution in [0.1, 0.15) is 27.7 Å². The first kappa shape index (κ1) is 16.4. The molecule has 0 radical (unpaired) electrons. The number of amides is 1. The van der Waals surface area contributed by atoms with Crippen LogP contribution in [0.4, 0.5) is 10.1 Å². The van der Waals surface area contributed by atoms with E-state index in [2.05, 4.69) is 20.8 Å². The number of tetrazole rings is 1. The molecule has 1 unspecified atom stereocenters. The SMILES string of the molecule is CC(Sc1nnnn1C(C)(C)C)C(=O)Nc1ccccc1F. The van der Waals surface area contributed by atoms with Crippen LogP contribution >= 0.6 is 11.8 Å². The fourth-order valence-corrected chi connectivity index (χ4v) is 2.66. The van der Waals surface area contributed by atoms with Gasteiger partial charge in [-0.25, -0.2) is 9.07 Å². The Kier molecular flexibility index (Phi) is 4.80. The Morgan fingerprint density at radius 2 is 2.05 bits per heavy atom. The molecule has 22 heavy (non-hydrogen) atoms. The van der Waals surface area contributed by atoms with Gasteiger partial charge in [-0.3, -0.25) is 4.79 Å². The summed E-state index contributed by atoms with van der Waals surface area (Å²) in [7, 11) is 0. The molecule has 1 aromatic carbocycles. The third-order valence-corrected chi connectivity index (χ3v) is 3.89. The summed E-state index contributed by atoms with van der Waals surface area (Å²) in [6.45, 7) is 7.63. The Labute approximate surface area is 132 Å². The zero-order valence-electron chi connectivity index (χ0n) is 12.9. The maximum Gasteiger partial charge on any atom is 0.237 e. The van der Waals surface area contributed by atoms with Crippen LogP contribution in [0.5, 0.6) is 0 Å². The van der Waals surface area contributed by atoms with Gasteiger partial charge in [0.15, 0.2) is 0 Å². The van der Waals surface area contributed by atoms with Crippen molar-refractivity contribution in [3.63, 3.8) is 0 Å². The Balaban J connectivity index is 2.07. The van der Waals surface area contributed by atoms with Crippen LogP contribution in [-0.4, -0.2) is 31.4 Å². The third-order valence-electron chi connectivity index (χ3n) is 2.86. The largest absolute Gasteiger partial charge is 0.323 e. The van der Waals surface area contributed by atoms with E-state index in [4.69, 9.17) is 0 Å². The molecule has 0 aliphatic carbocycles. The molecule has 0 spiro atoms. The van der Waals surface area contributed by atoms with Gasteiger partial charge >= 0.3 is 0 Å². The zero-order chi connectivity index (χ0) is 16.3. The minimum atomic E-state index is -0.466. The van der Waals surface area contributed by atoms with Crippen molar-refractivity contribution in [3.8, 4) is 0 Å². The van der Waals surface area contributed by atoms with E-state index in [1.807, 2.05) is 20.8 Å². The van der Waals surface area contributed by atoms with Crippen molar-refractivity contribution in [2.45, 2.75) is 43.6 Å². The molecule has 0 aliphatic rings. The number of hydrogen-bond donors (Lipinski definition) is 1. The monoisotopic (exact) mass is 323 g/mol.